The van der Waals surface area contributed by atoms with Crippen LogP contribution in [-0.2, 0) is 4.74 Å². The maximum Gasteiger partial charge on any atom is 0.252 e. The summed E-state index contributed by atoms with van der Waals surface area (Å²) in [5.74, 6) is 6.15. The van der Waals surface area contributed by atoms with Crippen LogP contribution < -0.4 is 11.1 Å². The number of carbonyl (C=O) groups excluding carboxylic acids is 1. The van der Waals surface area contributed by atoms with Crippen LogP contribution in [-0.4, -0.2) is 31.7 Å². The van der Waals surface area contributed by atoms with Crippen molar-refractivity contribution in [3.05, 3.63) is 35.4 Å². The third-order valence-electron chi connectivity index (χ3n) is 3.83. The molecule has 1 fully saturated rings. The molecule has 4 heteroatoms. The summed E-state index contributed by atoms with van der Waals surface area (Å²) in [4.78, 5) is 12.4. The van der Waals surface area contributed by atoms with E-state index in [1.165, 1.54) is 0 Å². The first-order valence-electron chi connectivity index (χ1n) is 7.39. The summed E-state index contributed by atoms with van der Waals surface area (Å²) in [6, 6.07) is 7.50. The van der Waals surface area contributed by atoms with Gasteiger partial charge in [0.1, 0.15) is 0 Å². The van der Waals surface area contributed by atoms with Gasteiger partial charge < -0.3 is 15.8 Å². The molecule has 1 saturated heterocycles. The standard InChI is InChI=1S/C17H22N2O2/c1-13(14-8-11-21-12-9-14)19-17(20)16-7-3-2-5-15(16)6-4-10-18/h2-3,5,7,13-14H,8-12,18H2,1H3,(H,19,20). The number of hydrogen-bond acceptors (Lipinski definition) is 3. The molecule has 1 aromatic carbocycles. The summed E-state index contributed by atoms with van der Waals surface area (Å²) in [7, 11) is 0. The van der Waals surface area contributed by atoms with Crippen LogP contribution in [0.5, 0.6) is 0 Å². The van der Waals surface area contributed by atoms with Gasteiger partial charge in [-0.25, -0.2) is 0 Å². The average Bonchev–Trinajstić information content (AvgIpc) is 2.54. The first-order chi connectivity index (χ1) is 10.2. The Morgan fingerprint density at radius 3 is 2.86 bits per heavy atom. The van der Waals surface area contributed by atoms with Crippen LogP contribution in [0.1, 0.15) is 35.7 Å². The normalized spacial score (nSPS) is 16.7. The molecule has 0 spiro atoms. The van der Waals surface area contributed by atoms with Gasteiger partial charge in [-0.3, -0.25) is 4.79 Å². The van der Waals surface area contributed by atoms with Gasteiger partial charge in [0, 0.05) is 24.8 Å². The molecule has 2 rings (SSSR count). The monoisotopic (exact) mass is 286 g/mol. The van der Waals surface area contributed by atoms with Gasteiger partial charge in [-0.05, 0) is 37.8 Å². The maximum absolute atomic E-state index is 12.4. The van der Waals surface area contributed by atoms with Gasteiger partial charge in [-0.2, -0.15) is 0 Å². The molecule has 0 saturated carbocycles. The molecule has 4 nitrogen and oxygen atoms in total. The highest BCUT2D eigenvalue weighted by atomic mass is 16.5. The van der Waals surface area contributed by atoms with Crippen LogP contribution in [0.2, 0.25) is 0 Å². The van der Waals surface area contributed by atoms with Crippen molar-refractivity contribution in [1.82, 2.24) is 5.32 Å². The van der Waals surface area contributed by atoms with Crippen LogP contribution >= 0.6 is 0 Å². The highest BCUT2D eigenvalue weighted by molar-refractivity contribution is 5.96. The molecule has 21 heavy (non-hydrogen) atoms. The minimum atomic E-state index is -0.0732. The van der Waals surface area contributed by atoms with Gasteiger partial charge >= 0.3 is 0 Å². The Hall–Kier alpha value is -1.83. The van der Waals surface area contributed by atoms with Gasteiger partial charge in [0.2, 0.25) is 0 Å². The quantitative estimate of drug-likeness (QED) is 0.829. The zero-order chi connectivity index (χ0) is 15.1. The number of carbonyl (C=O) groups is 1. The van der Waals surface area contributed by atoms with E-state index >= 15 is 0 Å². The number of amides is 1. The zero-order valence-electron chi connectivity index (χ0n) is 12.4. The van der Waals surface area contributed by atoms with Crippen molar-refractivity contribution in [2.45, 2.75) is 25.8 Å². The van der Waals surface area contributed by atoms with Gasteiger partial charge in [-0.15, -0.1) is 0 Å². The van der Waals surface area contributed by atoms with E-state index in [2.05, 4.69) is 24.1 Å². The molecule has 1 aromatic rings. The van der Waals surface area contributed by atoms with Crippen LogP contribution in [0.3, 0.4) is 0 Å². The van der Waals surface area contributed by atoms with E-state index in [1.807, 2.05) is 18.2 Å². The average molecular weight is 286 g/mol. The Morgan fingerprint density at radius 1 is 1.43 bits per heavy atom. The molecule has 3 N–H and O–H groups in total. The molecule has 1 aliphatic heterocycles. The maximum atomic E-state index is 12.4. The lowest BCUT2D eigenvalue weighted by Crippen LogP contribution is -2.40. The molecule has 1 aliphatic rings. The SMILES string of the molecule is CC(NC(=O)c1ccccc1C#CCN)C1CCOCC1. The fourth-order valence-corrected chi connectivity index (χ4v) is 2.55. The zero-order valence-corrected chi connectivity index (χ0v) is 12.4. The number of benzene rings is 1. The molecule has 0 aromatic heterocycles. The highest BCUT2D eigenvalue weighted by Crippen LogP contribution is 2.19. The molecule has 1 unspecified atom stereocenters. The Labute approximate surface area is 126 Å². The predicted molar refractivity (Wildman–Crippen MR) is 82.8 cm³/mol. The smallest absolute Gasteiger partial charge is 0.252 e. The summed E-state index contributed by atoms with van der Waals surface area (Å²) >= 11 is 0. The molecule has 1 atom stereocenters. The lowest BCUT2D eigenvalue weighted by Gasteiger charge is -2.28. The summed E-state index contributed by atoms with van der Waals surface area (Å²) in [5, 5.41) is 3.09. The van der Waals surface area contributed by atoms with E-state index in [0.717, 1.165) is 31.6 Å². The first kappa shape index (κ1) is 15.6. The summed E-state index contributed by atoms with van der Waals surface area (Å²) in [6.07, 6.45) is 1.99. The largest absolute Gasteiger partial charge is 0.381 e. The van der Waals surface area contributed by atoms with Gasteiger partial charge in [0.25, 0.3) is 5.91 Å². The topological polar surface area (TPSA) is 64.4 Å². The second kappa shape index (κ2) is 7.82. The van der Waals surface area contributed by atoms with Crippen LogP contribution in [0.15, 0.2) is 24.3 Å². The minimum absolute atomic E-state index is 0.0732. The third-order valence-corrected chi connectivity index (χ3v) is 3.83. The molecular weight excluding hydrogens is 264 g/mol. The highest BCUT2D eigenvalue weighted by Gasteiger charge is 2.22. The number of hydrogen-bond donors (Lipinski definition) is 2. The summed E-state index contributed by atoms with van der Waals surface area (Å²) in [5.41, 5.74) is 6.73. The van der Waals surface area contributed by atoms with Crippen molar-refractivity contribution < 1.29 is 9.53 Å². The molecule has 0 bridgehead atoms. The van der Waals surface area contributed by atoms with E-state index < -0.39 is 0 Å². The number of ether oxygens (including phenoxy) is 1. The van der Waals surface area contributed by atoms with Gasteiger partial charge in [-0.1, -0.05) is 24.0 Å². The van der Waals surface area contributed by atoms with E-state index in [9.17, 15) is 4.79 Å². The van der Waals surface area contributed by atoms with Crippen molar-refractivity contribution >= 4 is 5.91 Å². The van der Waals surface area contributed by atoms with E-state index in [1.54, 1.807) is 6.07 Å². The fraction of sp³-hybridized carbons (Fsp3) is 0.471. The predicted octanol–water partition coefficient (Wildman–Crippen LogP) is 1.54. The summed E-state index contributed by atoms with van der Waals surface area (Å²) < 4.78 is 5.36. The van der Waals surface area contributed by atoms with E-state index in [0.29, 0.717) is 11.5 Å². The van der Waals surface area contributed by atoms with Crippen molar-refractivity contribution in [2.75, 3.05) is 19.8 Å². The number of rotatable bonds is 3. The van der Waals surface area contributed by atoms with Crippen LogP contribution in [0.4, 0.5) is 0 Å². The van der Waals surface area contributed by atoms with Crippen molar-refractivity contribution in [3.8, 4) is 11.8 Å². The molecule has 1 heterocycles. The minimum Gasteiger partial charge on any atom is -0.381 e. The van der Waals surface area contributed by atoms with Crippen LogP contribution in [0.25, 0.3) is 0 Å². The fourth-order valence-electron chi connectivity index (χ4n) is 2.55. The number of nitrogens with two attached hydrogens (primary N) is 1. The van der Waals surface area contributed by atoms with Crippen LogP contribution in [0, 0.1) is 17.8 Å². The molecule has 0 aliphatic carbocycles. The van der Waals surface area contributed by atoms with Gasteiger partial charge in [0.05, 0.1) is 12.1 Å². The van der Waals surface area contributed by atoms with E-state index in [4.69, 9.17) is 10.5 Å². The van der Waals surface area contributed by atoms with Crippen molar-refractivity contribution in [1.29, 1.82) is 0 Å². The van der Waals surface area contributed by atoms with Crippen molar-refractivity contribution in [2.24, 2.45) is 11.7 Å². The van der Waals surface area contributed by atoms with Crippen molar-refractivity contribution in [3.63, 3.8) is 0 Å². The molecule has 0 radical (unpaired) electrons. The first-order valence-corrected chi connectivity index (χ1v) is 7.39. The second-order valence-corrected chi connectivity index (χ2v) is 5.26. The second-order valence-electron chi connectivity index (χ2n) is 5.26. The Morgan fingerprint density at radius 2 is 2.14 bits per heavy atom. The lowest BCUT2D eigenvalue weighted by atomic mass is 9.92. The molecular formula is C17H22N2O2. The Bertz CT molecular complexity index is 539. The molecule has 112 valence electrons. The summed E-state index contributed by atoms with van der Waals surface area (Å²) in [6.45, 7) is 3.91. The Balaban J connectivity index is 2.05. The van der Waals surface area contributed by atoms with Gasteiger partial charge in [0.15, 0.2) is 0 Å². The third kappa shape index (κ3) is 4.32. The lowest BCUT2D eigenvalue weighted by molar-refractivity contribution is 0.0538. The Kier molecular flexibility index (Phi) is 5.79. The number of nitrogens with one attached hydrogen (secondary N) is 1. The van der Waals surface area contributed by atoms with E-state index in [-0.39, 0.29) is 18.5 Å². The molecule has 1 amide bonds.